The number of sulfonamides is 1. The molecule has 6 heteroatoms. The Labute approximate surface area is 84.3 Å². The predicted octanol–water partition coefficient (Wildman–Crippen LogP) is -0.692. The molecule has 5 nitrogen and oxygen atoms in total. The van der Waals surface area contributed by atoms with Crippen molar-refractivity contribution in [1.29, 1.82) is 0 Å². The molecule has 0 radical (unpaired) electrons. The Morgan fingerprint density at radius 3 is 2.43 bits per heavy atom. The Morgan fingerprint density at radius 1 is 1.43 bits per heavy atom. The quantitative estimate of drug-likeness (QED) is 0.602. The van der Waals surface area contributed by atoms with Crippen molar-refractivity contribution in [3.63, 3.8) is 0 Å². The minimum absolute atomic E-state index is 0.0350. The Hall–Kier alpha value is -0.620. The Balaban J connectivity index is 2.07. The molecule has 0 unspecified atom stereocenters. The highest BCUT2D eigenvalue weighted by atomic mass is 32.2. The molecule has 2 atom stereocenters. The zero-order chi connectivity index (χ0) is 10.8. The molecule has 0 saturated heterocycles. The number of hydrogen-bond donors (Lipinski definition) is 2. The van der Waals surface area contributed by atoms with Crippen LogP contribution in [0.1, 0.15) is 13.3 Å². The fourth-order valence-corrected chi connectivity index (χ4v) is 1.71. The fraction of sp³-hybridized carbons (Fsp3) is 0.875. The highest BCUT2D eigenvalue weighted by Crippen LogP contribution is 2.37. The smallest absolute Gasteiger partial charge is 0.223 e. The number of carbonyl (C=O) groups is 1. The van der Waals surface area contributed by atoms with Gasteiger partial charge in [0.1, 0.15) is 0 Å². The molecule has 1 saturated carbocycles. The first-order chi connectivity index (χ1) is 6.40. The van der Waals surface area contributed by atoms with Crippen LogP contribution in [0, 0.1) is 11.8 Å². The van der Waals surface area contributed by atoms with Gasteiger partial charge in [0.2, 0.25) is 15.9 Å². The van der Waals surface area contributed by atoms with E-state index in [1.54, 1.807) is 0 Å². The normalized spacial score (nSPS) is 25.9. The van der Waals surface area contributed by atoms with Gasteiger partial charge in [-0.2, -0.15) is 0 Å². The molecule has 82 valence electrons. The molecule has 2 N–H and O–H groups in total. The van der Waals surface area contributed by atoms with Crippen molar-refractivity contribution < 1.29 is 13.2 Å². The van der Waals surface area contributed by atoms with E-state index in [2.05, 4.69) is 10.0 Å². The van der Waals surface area contributed by atoms with Crippen molar-refractivity contribution in [2.45, 2.75) is 13.3 Å². The summed E-state index contributed by atoms with van der Waals surface area (Å²) in [6.45, 7) is 2.64. The summed E-state index contributed by atoms with van der Waals surface area (Å²) < 4.78 is 23.6. The van der Waals surface area contributed by atoms with E-state index in [9.17, 15) is 13.2 Å². The van der Waals surface area contributed by atoms with E-state index in [0.717, 1.165) is 12.7 Å². The average Bonchev–Trinajstić information content (AvgIpc) is 2.74. The maximum Gasteiger partial charge on any atom is 0.223 e. The van der Waals surface area contributed by atoms with Gasteiger partial charge in [-0.05, 0) is 12.3 Å². The Bertz CT molecular complexity index is 313. The molecule has 14 heavy (non-hydrogen) atoms. The van der Waals surface area contributed by atoms with E-state index in [-0.39, 0.29) is 18.4 Å². The zero-order valence-corrected chi connectivity index (χ0v) is 9.23. The zero-order valence-electron chi connectivity index (χ0n) is 8.41. The lowest BCUT2D eigenvalue weighted by molar-refractivity contribution is -0.122. The lowest BCUT2D eigenvalue weighted by Gasteiger charge is -2.04. The van der Waals surface area contributed by atoms with Gasteiger partial charge < -0.3 is 5.32 Å². The molecule has 0 aromatic heterocycles. The molecule has 0 spiro atoms. The van der Waals surface area contributed by atoms with Crippen molar-refractivity contribution in [2.75, 3.05) is 19.3 Å². The maximum absolute atomic E-state index is 11.3. The van der Waals surface area contributed by atoms with E-state index in [1.807, 2.05) is 6.92 Å². The highest BCUT2D eigenvalue weighted by molar-refractivity contribution is 7.88. The molecule has 1 rings (SSSR count). The number of amides is 1. The molecule has 0 aromatic rings. The third kappa shape index (κ3) is 4.06. The lowest BCUT2D eigenvalue weighted by Crippen LogP contribution is -2.35. The van der Waals surface area contributed by atoms with E-state index in [0.29, 0.717) is 12.5 Å². The van der Waals surface area contributed by atoms with Gasteiger partial charge in [0, 0.05) is 19.0 Å². The van der Waals surface area contributed by atoms with Gasteiger partial charge in [-0.1, -0.05) is 6.92 Å². The van der Waals surface area contributed by atoms with Crippen molar-refractivity contribution >= 4 is 15.9 Å². The molecule has 0 bridgehead atoms. The predicted molar refractivity (Wildman–Crippen MR) is 53.1 cm³/mol. The topological polar surface area (TPSA) is 75.3 Å². The fourth-order valence-electron chi connectivity index (χ4n) is 1.24. The van der Waals surface area contributed by atoms with Crippen LogP contribution in [0.4, 0.5) is 0 Å². The summed E-state index contributed by atoms with van der Waals surface area (Å²) in [7, 11) is -3.14. The van der Waals surface area contributed by atoms with Gasteiger partial charge >= 0.3 is 0 Å². The van der Waals surface area contributed by atoms with Gasteiger partial charge in [0.25, 0.3) is 0 Å². The van der Waals surface area contributed by atoms with Gasteiger partial charge in [0.05, 0.1) is 6.26 Å². The standard InChI is InChI=1S/C8H16N2O3S/c1-6-5-7(6)8(11)9-3-4-10-14(2,12)13/h6-7,10H,3-5H2,1-2H3,(H,9,11)/t6-,7+/m0/s1. The first-order valence-corrected chi connectivity index (χ1v) is 6.51. The molecule has 1 aliphatic carbocycles. The second-order valence-electron chi connectivity index (χ2n) is 3.78. The molecule has 0 heterocycles. The summed E-state index contributed by atoms with van der Waals surface area (Å²) in [5.41, 5.74) is 0. The highest BCUT2D eigenvalue weighted by Gasteiger charge is 2.38. The minimum Gasteiger partial charge on any atom is -0.355 e. The van der Waals surface area contributed by atoms with Crippen LogP contribution in [0.2, 0.25) is 0 Å². The molecule has 0 aromatic carbocycles. The molecule has 1 amide bonds. The van der Waals surface area contributed by atoms with Crippen LogP contribution >= 0.6 is 0 Å². The van der Waals surface area contributed by atoms with Crippen molar-refractivity contribution in [3.8, 4) is 0 Å². The van der Waals surface area contributed by atoms with Crippen LogP contribution in [0.5, 0.6) is 0 Å². The Kier molecular flexibility index (Phi) is 3.49. The summed E-state index contributed by atoms with van der Waals surface area (Å²) >= 11 is 0. The number of rotatable bonds is 5. The van der Waals surface area contributed by atoms with E-state index < -0.39 is 10.0 Å². The van der Waals surface area contributed by atoms with Crippen LogP contribution in [-0.2, 0) is 14.8 Å². The van der Waals surface area contributed by atoms with Crippen LogP contribution in [0.3, 0.4) is 0 Å². The molecule has 0 aliphatic heterocycles. The first-order valence-electron chi connectivity index (χ1n) is 4.62. The van der Waals surface area contributed by atoms with Gasteiger partial charge in [0.15, 0.2) is 0 Å². The van der Waals surface area contributed by atoms with Crippen molar-refractivity contribution in [2.24, 2.45) is 11.8 Å². The van der Waals surface area contributed by atoms with Crippen LogP contribution in [-0.4, -0.2) is 33.7 Å². The molecular weight excluding hydrogens is 204 g/mol. The minimum atomic E-state index is -3.14. The summed E-state index contributed by atoms with van der Waals surface area (Å²) in [4.78, 5) is 11.3. The van der Waals surface area contributed by atoms with E-state index >= 15 is 0 Å². The van der Waals surface area contributed by atoms with E-state index in [1.165, 1.54) is 0 Å². The number of nitrogens with one attached hydrogen (secondary N) is 2. The third-order valence-corrected chi connectivity index (χ3v) is 2.96. The Morgan fingerprint density at radius 2 is 2.00 bits per heavy atom. The lowest BCUT2D eigenvalue weighted by atomic mass is 10.3. The van der Waals surface area contributed by atoms with Crippen LogP contribution in [0.15, 0.2) is 0 Å². The number of carbonyl (C=O) groups excluding carboxylic acids is 1. The second-order valence-corrected chi connectivity index (χ2v) is 5.61. The van der Waals surface area contributed by atoms with Crippen molar-refractivity contribution in [1.82, 2.24) is 10.0 Å². The SMILES string of the molecule is C[C@H]1C[C@H]1C(=O)NCCNS(C)(=O)=O. The van der Waals surface area contributed by atoms with Crippen molar-refractivity contribution in [3.05, 3.63) is 0 Å². The van der Waals surface area contributed by atoms with Crippen LogP contribution in [0.25, 0.3) is 0 Å². The summed E-state index contributed by atoms with van der Waals surface area (Å²) in [5, 5.41) is 2.68. The molecule has 1 fully saturated rings. The number of hydrogen-bond acceptors (Lipinski definition) is 3. The van der Waals surface area contributed by atoms with E-state index in [4.69, 9.17) is 0 Å². The summed E-state index contributed by atoms with van der Waals surface area (Å²) in [6.07, 6.45) is 2.04. The average molecular weight is 220 g/mol. The van der Waals surface area contributed by atoms with Gasteiger partial charge in [-0.15, -0.1) is 0 Å². The second kappa shape index (κ2) is 4.27. The van der Waals surface area contributed by atoms with Gasteiger partial charge in [-0.25, -0.2) is 13.1 Å². The van der Waals surface area contributed by atoms with Gasteiger partial charge in [-0.3, -0.25) is 4.79 Å². The summed E-state index contributed by atoms with van der Waals surface area (Å²) in [5.74, 6) is 0.666. The first kappa shape index (κ1) is 11.5. The monoisotopic (exact) mass is 220 g/mol. The largest absolute Gasteiger partial charge is 0.355 e. The summed E-state index contributed by atoms with van der Waals surface area (Å²) in [6, 6.07) is 0. The molecular formula is C8H16N2O3S. The maximum atomic E-state index is 11.3. The third-order valence-electron chi connectivity index (χ3n) is 2.23. The molecule has 1 aliphatic rings. The van der Waals surface area contributed by atoms with Crippen LogP contribution < -0.4 is 10.0 Å².